The average Bonchev–Trinajstić information content (AvgIpc) is 1.68. The molecule has 8 aromatic heterocycles. The number of imidazole rings is 3. The van der Waals surface area contributed by atoms with Gasteiger partial charge in [-0.15, -0.1) is 0 Å². The number of ketones is 3. The van der Waals surface area contributed by atoms with Crippen LogP contribution < -0.4 is 51.1 Å². The molecule has 33 nitrogen and oxygen atoms in total. The lowest BCUT2D eigenvalue weighted by Gasteiger charge is -2.40. The molecule has 0 atom stereocenters. The number of aryl methyl sites for hydroxylation is 2. The molecule has 626 valence electrons. The molecule has 123 heavy (non-hydrogen) atoms. The molecule has 9 heterocycles. The number of aromatic amines is 1. The van der Waals surface area contributed by atoms with E-state index in [1.165, 1.54) is 69.3 Å². The quantitative estimate of drug-likeness (QED) is 0.0176. The minimum Gasteiger partial charge on any atom is -0.503 e. The average molecular weight is 1670 g/mol. The minimum atomic E-state index is -1.45. The number of hydrogen-bond donors (Lipinski definition) is 2. The zero-order valence-electron chi connectivity index (χ0n) is 66.5. The lowest BCUT2D eigenvalue weighted by Crippen LogP contribution is -2.42. The van der Waals surface area contributed by atoms with Crippen LogP contribution in [-0.2, 0) is 80.4 Å². The van der Waals surface area contributed by atoms with Crippen LogP contribution in [-0.4, -0.2) is 109 Å². The number of methoxy groups -OCH3 is 4. The highest BCUT2D eigenvalue weighted by atomic mass is 16.5. The standard InChI is InChI=1S/C23H20N4O2.C18H16N2O5.C17H14N2O5.C16H12O7.C16H14O6/c1-25-15-24-20-18(25)14-27(26-13-12-19(28)23(29)22(20)26)21(16-8-4-2-5-9-16)17-10-6-3-7-11-17;1-20-11-19-14(15(20)18(22)23-2)17-16(13(21)8-9-24-17)25-10-12-6-4-3-5-7-12;1-22-17(21)14-13(18-10-19-14)16-15(12(20)7-8-23-16)24-9-11-5-3-2-4-6-11;1-21-16(20)13(19)12(18)15-14(11(17)7-8-22-15)23-9-10-5-3-2-4-6-10;1-20-14(19)9-13(18)16-15(12(17)7-8-21-16)22-10-11-5-3-2-4-6-11/h2-13,15,21,29H,14H2,1H3;3-9,11H,10H2,1-2H3;2-8,10H,9H2,1H3,(H,18,19);2-8H,9H2,1H3;2-8H,9-10H2,1H3. The summed E-state index contributed by atoms with van der Waals surface area (Å²) in [5, 5.41) is 12.8. The number of aromatic nitrogens is 7. The Labute approximate surface area is 697 Å². The molecule has 0 saturated heterocycles. The van der Waals surface area contributed by atoms with E-state index < -0.39 is 75.4 Å². The largest absolute Gasteiger partial charge is 0.503 e. The molecule has 0 unspecified atom stereocenters. The van der Waals surface area contributed by atoms with Gasteiger partial charge in [-0.25, -0.2) is 29.3 Å². The number of benzene rings is 6. The SMILES string of the molecule is COC(=O)C(=O)C(=O)c1occc(=O)c1OCc1ccccc1.COC(=O)CC(=O)c1occc(=O)c1OCc1ccccc1.COC(=O)c1[nH]cnc1-c1occc(=O)c1OCc1ccccc1.COC(=O)c1c(-c2occc(=O)c2OCc2ccccc2)ncn1C.Cn1cnc2c1CN(C(c1ccccc1)c1ccccc1)n1ccc(=O)c(O)c1-2. The molecule has 0 fully saturated rings. The number of H-pyrrole nitrogens is 1. The Kier molecular flexibility index (Phi) is 29.8. The van der Waals surface area contributed by atoms with Gasteiger partial charge in [0.05, 0.1) is 90.8 Å². The van der Waals surface area contributed by atoms with E-state index in [4.69, 9.17) is 41.4 Å². The Bertz CT molecular complexity index is 6320. The number of ether oxygens (including phenoxy) is 8. The first kappa shape index (κ1) is 87.2. The number of carbonyl (C=O) groups excluding carboxylic acids is 7. The van der Waals surface area contributed by atoms with Gasteiger partial charge < -0.3 is 74.8 Å². The molecule has 14 aromatic rings. The minimum absolute atomic E-state index is 0.00444. The molecule has 0 bridgehead atoms. The first-order valence-corrected chi connectivity index (χ1v) is 37.1. The number of pyridine rings is 1. The zero-order chi connectivity index (χ0) is 87.5. The van der Waals surface area contributed by atoms with Crippen molar-refractivity contribution in [1.82, 2.24) is 33.7 Å². The Hall–Kier alpha value is -16.6. The molecule has 0 radical (unpaired) electrons. The molecule has 1 aliphatic rings. The summed E-state index contributed by atoms with van der Waals surface area (Å²) in [7, 11) is 8.23. The van der Waals surface area contributed by atoms with Crippen LogP contribution in [0, 0.1) is 0 Å². The number of nitrogens with one attached hydrogen (secondary N) is 1. The molecule has 0 saturated carbocycles. The van der Waals surface area contributed by atoms with Crippen LogP contribution in [0.15, 0.2) is 304 Å². The third-order valence-corrected chi connectivity index (χ3v) is 18.0. The van der Waals surface area contributed by atoms with E-state index in [2.05, 4.69) is 63.4 Å². The van der Waals surface area contributed by atoms with Gasteiger partial charge in [0.15, 0.2) is 17.1 Å². The lowest BCUT2D eigenvalue weighted by molar-refractivity contribution is -0.149. The summed E-state index contributed by atoms with van der Waals surface area (Å²) < 4.78 is 66.2. The Morgan fingerprint density at radius 2 is 0.862 bits per heavy atom. The highest BCUT2D eigenvalue weighted by Crippen LogP contribution is 2.39. The van der Waals surface area contributed by atoms with Gasteiger partial charge in [-0.2, -0.15) is 0 Å². The number of Topliss-reactive ketones (excluding diaryl/α,β-unsaturated/α-hetero) is 3. The number of aromatic hydroxyl groups is 1. The number of esters is 4. The third-order valence-electron chi connectivity index (χ3n) is 18.0. The monoisotopic (exact) mass is 1670 g/mol. The number of fused-ring (bicyclic) bond motifs is 3. The van der Waals surface area contributed by atoms with Gasteiger partial charge in [0.25, 0.3) is 5.78 Å². The van der Waals surface area contributed by atoms with E-state index in [1.807, 2.05) is 150 Å². The van der Waals surface area contributed by atoms with Crippen molar-refractivity contribution >= 4 is 41.2 Å². The Balaban J connectivity index is 0.000000150. The predicted molar refractivity (Wildman–Crippen MR) is 439 cm³/mol. The molecule has 33 heteroatoms. The molecule has 0 aliphatic carbocycles. The first-order chi connectivity index (χ1) is 59.6. The van der Waals surface area contributed by atoms with Crippen molar-refractivity contribution in [2.45, 2.75) is 45.4 Å². The smallest absolute Gasteiger partial charge is 0.383 e. The number of rotatable bonds is 25. The summed E-state index contributed by atoms with van der Waals surface area (Å²) in [5.74, 6) is -8.41. The molecular weight excluding hydrogens is 1590 g/mol. The second kappa shape index (κ2) is 42.0. The van der Waals surface area contributed by atoms with Gasteiger partial charge in [-0.05, 0) is 33.4 Å². The summed E-state index contributed by atoms with van der Waals surface area (Å²) >= 11 is 0. The van der Waals surface area contributed by atoms with E-state index >= 15 is 0 Å². The van der Waals surface area contributed by atoms with Gasteiger partial charge in [0.1, 0.15) is 55.6 Å². The molecule has 6 aromatic carbocycles. The summed E-state index contributed by atoms with van der Waals surface area (Å²) in [5.41, 5.74) is 5.92. The normalized spacial score (nSPS) is 10.8. The van der Waals surface area contributed by atoms with Gasteiger partial charge in [0, 0.05) is 50.6 Å². The summed E-state index contributed by atoms with van der Waals surface area (Å²) in [6.45, 7) is 1.04. The van der Waals surface area contributed by atoms with Crippen molar-refractivity contribution in [2.24, 2.45) is 14.1 Å². The van der Waals surface area contributed by atoms with Crippen molar-refractivity contribution in [3.63, 3.8) is 0 Å². The van der Waals surface area contributed by atoms with Crippen molar-refractivity contribution < 1.29 is 94.2 Å². The number of hydrogen-bond acceptors (Lipinski definition) is 29. The first-order valence-electron chi connectivity index (χ1n) is 37.1. The molecule has 15 rings (SSSR count). The maximum absolute atomic E-state index is 12.3. The van der Waals surface area contributed by atoms with Crippen molar-refractivity contribution in [3.8, 4) is 63.0 Å². The molecular formula is C90H76N8O25. The van der Waals surface area contributed by atoms with Crippen LogP contribution in [0.5, 0.6) is 28.7 Å². The summed E-state index contributed by atoms with van der Waals surface area (Å²) in [6.07, 6.45) is 10.2. The molecule has 0 amide bonds. The fourth-order valence-electron chi connectivity index (χ4n) is 12.0. The summed E-state index contributed by atoms with van der Waals surface area (Å²) in [6, 6.07) is 63.2. The topological polar surface area (TPSA) is 424 Å². The molecule has 1 aliphatic heterocycles. The van der Waals surface area contributed by atoms with Gasteiger partial charge in [-0.3, -0.25) is 52.8 Å². The van der Waals surface area contributed by atoms with Gasteiger partial charge in [0.2, 0.25) is 79.0 Å². The fourth-order valence-corrected chi connectivity index (χ4v) is 12.0. The maximum Gasteiger partial charge on any atom is 0.383 e. The second-order valence-electron chi connectivity index (χ2n) is 26.1. The summed E-state index contributed by atoms with van der Waals surface area (Å²) in [4.78, 5) is 157. The van der Waals surface area contributed by atoms with Gasteiger partial charge >= 0.3 is 29.7 Å². The molecule has 0 spiro atoms. The third kappa shape index (κ3) is 21.6. The van der Waals surface area contributed by atoms with Crippen LogP contribution in [0.3, 0.4) is 0 Å². The van der Waals surface area contributed by atoms with Crippen LogP contribution in [0.1, 0.15) is 93.6 Å². The highest BCUT2D eigenvalue weighted by Gasteiger charge is 2.35. The number of carbonyl (C=O) groups is 7. The van der Waals surface area contributed by atoms with E-state index in [1.54, 1.807) is 43.8 Å². The lowest BCUT2D eigenvalue weighted by atomic mass is 9.97. The van der Waals surface area contributed by atoms with Gasteiger partial charge in [-0.1, -0.05) is 182 Å². The Morgan fingerprint density at radius 1 is 0.447 bits per heavy atom. The van der Waals surface area contributed by atoms with Crippen molar-refractivity contribution in [1.29, 1.82) is 0 Å². The van der Waals surface area contributed by atoms with E-state index in [0.29, 0.717) is 17.9 Å². The van der Waals surface area contributed by atoms with Crippen LogP contribution in [0.2, 0.25) is 0 Å². The van der Waals surface area contributed by atoms with Crippen LogP contribution >= 0.6 is 0 Å². The van der Waals surface area contributed by atoms with Crippen LogP contribution in [0.25, 0.3) is 34.3 Å². The highest BCUT2D eigenvalue weighted by molar-refractivity contribution is 6.65. The molecule has 2 N–H and O–H groups in total. The van der Waals surface area contributed by atoms with E-state index in [0.717, 1.165) is 70.8 Å². The maximum atomic E-state index is 12.3. The van der Waals surface area contributed by atoms with E-state index in [9.17, 15) is 62.6 Å². The second-order valence-corrected chi connectivity index (χ2v) is 26.1. The van der Waals surface area contributed by atoms with Crippen molar-refractivity contribution in [3.05, 3.63) is 376 Å². The zero-order valence-corrected chi connectivity index (χ0v) is 66.5. The predicted octanol–water partition coefficient (Wildman–Crippen LogP) is 11.1. The Morgan fingerprint density at radius 3 is 1.33 bits per heavy atom. The number of nitrogens with zero attached hydrogens (tertiary/aromatic N) is 7. The van der Waals surface area contributed by atoms with Crippen LogP contribution in [0.4, 0.5) is 0 Å². The van der Waals surface area contributed by atoms with E-state index in [-0.39, 0.29) is 106 Å². The van der Waals surface area contributed by atoms with Crippen molar-refractivity contribution in [2.75, 3.05) is 33.4 Å². The fraction of sp³-hybridized carbons (Fsp3) is 0.144.